The largest absolute Gasteiger partial charge is 0.310 e. The van der Waals surface area contributed by atoms with Crippen LogP contribution in [0.25, 0.3) is 0 Å². The molecule has 2 heteroatoms. The average molecular weight is 352 g/mol. The molecular weight excluding hydrogens is 322 g/mol. The van der Waals surface area contributed by atoms with Crippen molar-refractivity contribution in [3.8, 4) is 0 Å². The molecule has 0 saturated heterocycles. The van der Waals surface area contributed by atoms with Gasteiger partial charge in [-0.2, -0.15) is 0 Å². The van der Waals surface area contributed by atoms with Crippen molar-refractivity contribution in [2.75, 3.05) is 6.54 Å². The van der Waals surface area contributed by atoms with E-state index in [1.165, 1.54) is 35.7 Å². The van der Waals surface area contributed by atoms with Crippen LogP contribution in [0, 0.1) is 17.3 Å². The third-order valence-corrected chi connectivity index (χ3v) is 5.63. The molecule has 1 N–H and O–H groups in total. The predicted octanol–water partition coefficient (Wildman–Crippen LogP) is 5.95. The van der Waals surface area contributed by atoms with Crippen molar-refractivity contribution < 1.29 is 0 Å². The van der Waals surface area contributed by atoms with E-state index >= 15 is 0 Å². The van der Waals surface area contributed by atoms with Crippen molar-refractivity contribution in [3.63, 3.8) is 0 Å². The van der Waals surface area contributed by atoms with Crippen molar-refractivity contribution in [1.82, 2.24) is 5.32 Å². The van der Waals surface area contributed by atoms with E-state index in [2.05, 4.69) is 73.2 Å². The van der Waals surface area contributed by atoms with Crippen LogP contribution in [0.5, 0.6) is 0 Å². The van der Waals surface area contributed by atoms with Gasteiger partial charge in [-0.1, -0.05) is 48.8 Å². The Kier molecular flexibility index (Phi) is 5.90. The van der Waals surface area contributed by atoms with Crippen molar-refractivity contribution in [2.24, 2.45) is 17.3 Å². The Morgan fingerprint density at radius 2 is 1.86 bits per heavy atom. The maximum atomic E-state index is 3.73. The van der Waals surface area contributed by atoms with Crippen LogP contribution in [0.3, 0.4) is 0 Å². The minimum Gasteiger partial charge on any atom is -0.310 e. The molecule has 0 amide bonds. The second-order valence-corrected chi connectivity index (χ2v) is 8.68. The summed E-state index contributed by atoms with van der Waals surface area (Å²) in [6, 6.07) is 9.06. The third kappa shape index (κ3) is 5.10. The lowest BCUT2D eigenvalue weighted by molar-refractivity contribution is 0.148. The summed E-state index contributed by atoms with van der Waals surface area (Å²) in [6.07, 6.45) is 5.59. The highest BCUT2D eigenvalue weighted by Gasteiger charge is 2.29. The lowest BCUT2D eigenvalue weighted by Crippen LogP contribution is -2.31. The van der Waals surface area contributed by atoms with Gasteiger partial charge < -0.3 is 5.32 Å². The molecule has 1 aromatic rings. The first-order valence-corrected chi connectivity index (χ1v) is 9.14. The van der Waals surface area contributed by atoms with E-state index in [9.17, 15) is 0 Å². The zero-order chi connectivity index (χ0) is 15.5. The van der Waals surface area contributed by atoms with E-state index in [1.807, 2.05) is 0 Å². The SMILES string of the molecule is C[C@H](NCC1CCC(C(C)(C)C)CC1)c1cccc(Br)c1. The van der Waals surface area contributed by atoms with Crippen LogP contribution in [0.1, 0.15) is 65.0 Å². The molecule has 0 aliphatic heterocycles. The Morgan fingerprint density at radius 3 is 2.43 bits per heavy atom. The second-order valence-electron chi connectivity index (χ2n) is 7.77. The Morgan fingerprint density at radius 1 is 1.19 bits per heavy atom. The third-order valence-electron chi connectivity index (χ3n) is 5.13. The molecule has 0 heterocycles. The van der Waals surface area contributed by atoms with Gasteiger partial charge in [-0.05, 0) is 74.1 Å². The predicted molar refractivity (Wildman–Crippen MR) is 95.5 cm³/mol. The lowest BCUT2D eigenvalue weighted by atomic mass is 9.70. The summed E-state index contributed by atoms with van der Waals surface area (Å²) in [5, 5.41) is 3.73. The summed E-state index contributed by atoms with van der Waals surface area (Å²) in [5.41, 5.74) is 1.86. The molecule has 2 rings (SSSR count). The van der Waals surface area contributed by atoms with Crippen LogP contribution < -0.4 is 5.32 Å². The van der Waals surface area contributed by atoms with Crippen molar-refractivity contribution in [2.45, 2.75) is 59.4 Å². The first-order valence-electron chi connectivity index (χ1n) is 8.35. The molecular formula is C19H30BrN. The quantitative estimate of drug-likeness (QED) is 0.706. The van der Waals surface area contributed by atoms with Crippen LogP contribution in [-0.2, 0) is 0 Å². The molecule has 1 fully saturated rings. The van der Waals surface area contributed by atoms with Crippen LogP contribution in [0.15, 0.2) is 28.7 Å². The van der Waals surface area contributed by atoms with Gasteiger partial charge in [0.25, 0.3) is 0 Å². The van der Waals surface area contributed by atoms with Gasteiger partial charge in [-0.3, -0.25) is 0 Å². The minimum absolute atomic E-state index is 0.433. The monoisotopic (exact) mass is 351 g/mol. The smallest absolute Gasteiger partial charge is 0.0292 e. The number of rotatable bonds is 4. The molecule has 118 valence electrons. The Labute approximate surface area is 139 Å². The van der Waals surface area contributed by atoms with Crippen molar-refractivity contribution >= 4 is 15.9 Å². The van der Waals surface area contributed by atoms with E-state index in [-0.39, 0.29) is 0 Å². The van der Waals surface area contributed by atoms with E-state index in [1.54, 1.807) is 0 Å². The van der Waals surface area contributed by atoms with Gasteiger partial charge in [0.1, 0.15) is 0 Å². The maximum absolute atomic E-state index is 3.73. The van der Waals surface area contributed by atoms with Crippen LogP contribution in [0.4, 0.5) is 0 Å². The summed E-state index contributed by atoms with van der Waals surface area (Å²) in [4.78, 5) is 0. The summed E-state index contributed by atoms with van der Waals surface area (Å²) in [5.74, 6) is 1.77. The minimum atomic E-state index is 0.433. The summed E-state index contributed by atoms with van der Waals surface area (Å²) in [7, 11) is 0. The van der Waals surface area contributed by atoms with Crippen LogP contribution in [0.2, 0.25) is 0 Å². The molecule has 1 aromatic carbocycles. The molecule has 0 unspecified atom stereocenters. The van der Waals surface area contributed by atoms with E-state index in [4.69, 9.17) is 0 Å². The van der Waals surface area contributed by atoms with E-state index in [0.29, 0.717) is 11.5 Å². The molecule has 0 aromatic heterocycles. The summed E-state index contributed by atoms with van der Waals surface area (Å²) < 4.78 is 1.17. The highest BCUT2D eigenvalue weighted by Crippen LogP contribution is 2.39. The van der Waals surface area contributed by atoms with Gasteiger partial charge in [0.15, 0.2) is 0 Å². The van der Waals surface area contributed by atoms with E-state index < -0.39 is 0 Å². The molecule has 0 spiro atoms. The second kappa shape index (κ2) is 7.28. The average Bonchev–Trinajstić information content (AvgIpc) is 2.44. The number of hydrogen-bond donors (Lipinski definition) is 1. The fourth-order valence-corrected chi connectivity index (χ4v) is 3.89. The van der Waals surface area contributed by atoms with Gasteiger partial charge in [-0.25, -0.2) is 0 Å². The first kappa shape index (κ1) is 17.0. The zero-order valence-electron chi connectivity index (χ0n) is 14.0. The van der Waals surface area contributed by atoms with E-state index in [0.717, 1.165) is 18.4 Å². The first-order chi connectivity index (χ1) is 9.86. The Bertz CT molecular complexity index is 441. The molecule has 1 saturated carbocycles. The molecule has 1 atom stereocenters. The summed E-state index contributed by atoms with van der Waals surface area (Å²) in [6.45, 7) is 10.6. The number of benzene rings is 1. The molecule has 1 aliphatic rings. The van der Waals surface area contributed by atoms with Gasteiger partial charge in [0.05, 0.1) is 0 Å². The topological polar surface area (TPSA) is 12.0 Å². The number of nitrogens with one attached hydrogen (secondary N) is 1. The van der Waals surface area contributed by atoms with Gasteiger partial charge in [-0.15, -0.1) is 0 Å². The van der Waals surface area contributed by atoms with Gasteiger partial charge >= 0.3 is 0 Å². The highest BCUT2D eigenvalue weighted by atomic mass is 79.9. The fraction of sp³-hybridized carbons (Fsp3) is 0.684. The Balaban J connectivity index is 1.77. The number of hydrogen-bond acceptors (Lipinski definition) is 1. The maximum Gasteiger partial charge on any atom is 0.0292 e. The van der Waals surface area contributed by atoms with Crippen molar-refractivity contribution in [1.29, 1.82) is 0 Å². The molecule has 0 bridgehead atoms. The molecule has 1 aliphatic carbocycles. The standard InChI is InChI=1S/C19H30BrN/c1-14(16-6-5-7-18(20)12-16)21-13-15-8-10-17(11-9-15)19(2,3)4/h5-7,12,14-15,17,21H,8-11,13H2,1-4H3/t14-,15?,17?/m0/s1. The van der Waals surface area contributed by atoms with Gasteiger partial charge in [0, 0.05) is 10.5 Å². The zero-order valence-corrected chi connectivity index (χ0v) is 15.5. The normalized spacial score (nSPS) is 24.8. The molecule has 0 radical (unpaired) electrons. The Hall–Kier alpha value is -0.340. The highest BCUT2D eigenvalue weighted by molar-refractivity contribution is 9.10. The molecule has 1 nitrogen and oxygen atoms in total. The van der Waals surface area contributed by atoms with Gasteiger partial charge in [0.2, 0.25) is 0 Å². The van der Waals surface area contributed by atoms with Crippen LogP contribution >= 0.6 is 15.9 Å². The molecule has 21 heavy (non-hydrogen) atoms. The lowest BCUT2D eigenvalue weighted by Gasteiger charge is -2.37. The van der Waals surface area contributed by atoms with Crippen molar-refractivity contribution in [3.05, 3.63) is 34.3 Å². The summed E-state index contributed by atoms with van der Waals surface area (Å²) >= 11 is 3.56. The number of halogens is 1. The fourth-order valence-electron chi connectivity index (χ4n) is 3.47. The van der Waals surface area contributed by atoms with Crippen LogP contribution in [-0.4, -0.2) is 6.54 Å².